The van der Waals surface area contributed by atoms with Crippen LogP contribution in [0, 0.1) is 5.92 Å². The third kappa shape index (κ3) is 4.42. The highest BCUT2D eigenvalue weighted by Crippen LogP contribution is 2.25. The fraction of sp³-hybridized carbons (Fsp3) is 0.263. The molecular formula is C19H21NO3. The molecule has 0 aliphatic heterocycles. The van der Waals surface area contributed by atoms with Crippen molar-refractivity contribution in [1.82, 2.24) is 5.32 Å². The lowest BCUT2D eigenvalue weighted by molar-refractivity contribution is 0.0895. The number of hydrogen-bond donors (Lipinski definition) is 1. The van der Waals surface area contributed by atoms with Crippen LogP contribution in [0.1, 0.15) is 35.8 Å². The maximum absolute atomic E-state index is 12.7. The second kappa shape index (κ2) is 8.13. The van der Waals surface area contributed by atoms with Gasteiger partial charge in [-0.15, -0.1) is 0 Å². The zero-order chi connectivity index (χ0) is 16.7. The van der Waals surface area contributed by atoms with Gasteiger partial charge in [0, 0.05) is 11.5 Å². The highest BCUT2D eigenvalue weighted by Gasteiger charge is 2.28. The minimum absolute atomic E-state index is 0.0174. The van der Waals surface area contributed by atoms with Crippen LogP contribution in [0.25, 0.3) is 0 Å². The summed E-state index contributed by atoms with van der Waals surface area (Å²) in [4.78, 5) is 24.6. The van der Waals surface area contributed by atoms with Gasteiger partial charge in [0.05, 0.1) is 12.6 Å². The number of hydrogen-bond acceptors (Lipinski definition) is 3. The summed E-state index contributed by atoms with van der Waals surface area (Å²) in [7, 11) is 0. The molecule has 2 aromatic carbocycles. The summed E-state index contributed by atoms with van der Waals surface area (Å²) < 4.78 is 4.97. The lowest BCUT2D eigenvalue weighted by Gasteiger charge is -2.24. The van der Waals surface area contributed by atoms with Crippen LogP contribution < -0.4 is 5.32 Å². The highest BCUT2D eigenvalue weighted by molar-refractivity contribution is 5.98. The molecule has 0 heterocycles. The van der Waals surface area contributed by atoms with Gasteiger partial charge in [-0.3, -0.25) is 4.79 Å². The SMILES string of the molecule is CCOC(=O)NC(c1ccccc1)C(C)C(=O)c1ccccc1. The Hall–Kier alpha value is -2.62. The monoisotopic (exact) mass is 311 g/mol. The number of ether oxygens (including phenoxy) is 1. The topological polar surface area (TPSA) is 55.4 Å². The number of amides is 1. The zero-order valence-corrected chi connectivity index (χ0v) is 13.4. The van der Waals surface area contributed by atoms with Gasteiger partial charge in [-0.25, -0.2) is 4.79 Å². The fourth-order valence-corrected chi connectivity index (χ4v) is 2.47. The first-order valence-electron chi connectivity index (χ1n) is 7.71. The van der Waals surface area contributed by atoms with Gasteiger partial charge in [0.2, 0.25) is 0 Å². The van der Waals surface area contributed by atoms with E-state index >= 15 is 0 Å². The number of carbonyl (C=O) groups is 2. The molecule has 1 amide bonds. The number of carbonyl (C=O) groups excluding carboxylic acids is 2. The lowest BCUT2D eigenvalue weighted by Crippen LogP contribution is -2.36. The number of rotatable bonds is 6. The van der Waals surface area contributed by atoms with Crippen molar-refractivity contribution in [2.45, 2.75) is 19.9 Å². The van der Waals surface area contributed by atoms with Crippen LogP contribution in [-0.2, 0) is 4.74 Å². The van der Waals surface area contributed by atoms with Crippen LogP contribution in [0.3, 0.4) is 0 Å². The molecule has 2 rings (SSSR count). The van der Waals surface area contributed by atoms with Crippen molar-refractivity contribution >= 4 is 11.9 Å². The number of Topliss-reactive ketones (excluding diaryl/α,β-unsaturated/α-hetero) is 1. The van der Waals surface area contributed by atoms with E-state index in [9.17, 15) is 9.59 Å². The van der Waals surface area contributed by atoms with Gasteiger partial charge in [0.25, 0.3) is 0 Å². The molecule has 1 N–H and O–H groups in total. The summed E-state index contributed by atoms with van der Waals surface area (Å²) in [5.74, 6) is -0.430. The summed E-state index contributed by atoms with van der Waals surface area (Å²) in [5.41, 5.74) is 1.50. The third-order valence-electron chi connectivity index (χ3n) is 3.68. The molecule has 23 heavy (non-hydrogen) atoms. The van der Waals surface area contributed by atoms with Crippen molar-refractivity contribution in [3.63, 3.8) is 0 Å². The molecule has 0 fully saturated rings. The van der Waals surface area contributed by atoms with Crippen LogP contribution in [0.2, 0.25) is 0 Å². The molecule has 120 valence electrons. The molecular weight excluding hydrogens is 290 g/mol. The van der Waals surface area contributed by atoms with Gasteiger partial charge < -0.3 is 10.1 Å². The van der Waals surface area contributed by atoms with E-state index in [4.69, 9.17) is 4.74 Å². The van der Waals surface area contributed by atoms with Gasteiger partial charge in [-0.2, -0.15) is 0 Å². The summed E-state index contributed by atoms with van der Waals surface area (Å²) >= 11 is 0. The fourth-order valence-electron chi connectivity index (χ4n) is 2.47. The third-order valence-corrected chi connectivity index (χ3v) is 3.68. The van der Waals surface area contributed by atoms with Crippen molar-refractivity contribution in [2.75, 3.05) is 6.61 Å². The van der Waals surface area contributed by atoms with Crippen LogP contribution in [-0.4, -0.2) is 18.5 Å². The predicted molar refractivity (Wildman–Crippen MR) is 89.3 cm³/mol. The Morgan fingerprint density at radius 2 is 1.57 bits per heavy atom. The zero-order valence-electron chi connectivity index (χ0n) is 13.4. The molecule has 4 heteroatoms. The Labute approximate surface area is 136 Å². The highest BCUT2D eigenvalue weighted by atomic mass is 16.5. The Kier molecular flexibility index (Phi) is 5.92. The number of alkyl carbamates (subject to hydrolysis) is 1. The molecule has 0 saturated heterocycles. The Morgan fingerprint density at radius 1 is 1.00 bits per heavy atom. The number of nitrogens with one attached hydrogen (secondary N) is 1. The van der Waals surface area contributed by atoms with E-state index in [1.165, 1.54) is 0 Å². The van der Waals surface area contributed by atoms with Gasteiger partial charge >= 0.3 is 6.09 Å². The molecule has 4 nitrogen and oxygen atoms in total. The molecule has 0 bridgehead atoms. The summed E-state index contributed by atoms with van der Waals surface area (Å²) in [5, 5.41) is 2.80. The number of benzene rings is 2. The first-order chi connectivity index (χ1) is 11.1. The molecule has 2 unspecified atom stereocenters. The molecule has 0 radical (unpaired) electrons. The largest absolute Gasteiger partial charge is 0.450 e. The quantitative estimate of drug-likeness (QED) is 0.821. The first-order valence-corrected chi connectivity index (χ1v) is 7.71. The maximum atomic E-state index is 12.7. The van der Waals surface area contributed by atoms with E-state index in [0.717, 1.165) is 5.56 Å². The van der Waals surface area contributed by atoms with Crippen LogP contribution in [0.15, 0.2) is 60.7 Å². The Balaban J connectivity index is 2.25. The van der Waals surface area contributed by atoms with Gasteiger partial charge in [0.15, 0.2) is 5.78 Å². The molecule has 0 spiro atoms. The minimum atomic E-state index is -0.519. The van der Waals surface area contributed by atoms with Crippen LogP contribution in [0.5, 0.6) is 0 Å². The molecule has 0 saturated carbocycles. The lowest BCUT2D eigenvalue weighted by atomic mass is 9.88. The summed E-state index contributed by atoms with van der Waals surface area (Å²) in [6.45, 7) is 3.85. The molecule has 2 aromatic rings. The maximum Gasteiger partial charge on any atom is 0.407 e. The van der Waals surface area contributed by atoms with Crippen LogP contribution >= 0.6 is 0 Å². The van der Waals surface area contributed by atoms with Crippen molar-refractivity contribution in [1.29, 1.82) is 0 Å². The number of ketones is 1. The molecule has 2 atom stereocenters. The Bertz CT molecular complexity index is 640. The summed E-state index contributed by atoms with van der Waals surface area (Å²) in [6.07, 6.45) is -0.519. The van der Waals surface area contributed by atoms with Crippen molar-refractivity contribution in [3.05, 3.63) is 71.8 Å². The smallest absolute Gasteiger partial charge is 0.407 e. The molecule has 0 aliphatic carbocycles. The van der Waals surface area contributed by atoms with E-state index in [2.05, 4.69) is 5.32 Å². The standard InChI is InChI=1S/C19H21NO3/c1-3-23-19(22)20-17(15-10-6-4-7-11-15)14(2)18(21)16-12-8-5-9-13-16/h4-14,17H,3H2,1-2H3,(H,20,22). The van der Waals surface area contributed by atoms with E-state index in [1.54, 1.807) is 19.1 Å². The summed E-state index contributed by atoms with van der Waals surface area (Å²) in [6, 6.07) is 18.1. The van der Waals surface area contributed by atoms with Crippen molar-refractivity contribution in [2.24, 2.45) is 5.92 Å². The van der Waals surface area contributed by atoms with Crippen LogP contribution in [0.4, 0.5) is 4.79 Å². The predicted octanol–water partition coefficient (Wildman–Crippen LogP) is 3.99. The van der Waals surface area contributed by atoms with Crippen molar-refractivity contribution in [3.8, 4) is 0 Å². The second-order valence-corrected chi connectivity index (χ2v) is 5.27. The molecule has 0 aromatic heterocycles. The Morgan fingerprint density at radius 3 is 2.13 bits per heavy atom. The normalized spacial score (nSPS) is 13.0. The van der Waals surface area contributed by atoms with Gasteiger partial charge in [-0.05, 0) is 12.5 Å². The molecule has 0 aliphatic rings. The van der Waals surface area contributed by atoms with E-state index in [1.807, 2.05) is 55.5 Å². The van der Waals surface area contributed by atoms with Gasteiger partial charge in [0.1, 0.15) is 0 Å². The van der Waals surface area contributed by atoms with Crippen molar-refractivity contribution < 1.29 is 14.3 Å². The average Bonchev–Trinajstić information content (AvgIpc) is 2.60. The average molecular weight is 311 g/mol. The van der Waals surface area contributed by atoms with Gasteiger partial charge in [-0.1, -0.05) is 67.6 Å². The van der Waals surface area contributed by atoms with E-state index < -0.39 is 18.1 Å². The van der Waals surface area contributed by atoms with E-state index in [-0.39, 0.29) is 12.4 Å². The minimum Gasteiger partial charge on any atom is -0.450 e. The second-order valence-electron chi connectivity index (χ2n) is 5.27. The van der Waals surface area contributed by atoms with E-state index in [0.29, 0.717) is 5.56 Å². The first kappa shape index (κ1) is 16.7.